The van der Waals surface area contributed by atoms with Crippen LogP contribution in [0.25, 0.3) is 0 Å². The molecule has 2 aliphatic rings. The molecule has 3 N–H and O–H groups in total. The van der Waals surface area contributed by atoms with Gasteiger partial charge in [0, 0.05) is 66.7 Å². The van der Waals surface area contributed by atoms with Crippen LogP contribution in [0.3, 0.4) is 0 Å². The number of nitrogens with one attached hydrogen (secondary N) is 3. The smallest absolute Gasteiger partial charge is 0.314 e. The molecule has 0 spiro atoms. The molecule has 0 saturated carbocycles. The third-order valence-corrected chi connectivity index (χ3v) is 9.12. The molecule has 12 heteroatoms. The molecule has 1 atom stereocenters. The first-order valence-electron chi connectivity index (χ1n) is 14.5. The molecule has 230 valence electrons. The topological polar surface area (TPSA) is 95.2 Å². The average Bonchev–Trinajstić information content (AvgIpc) is 2.98. The minimum Gasteiger partial charge on any atom is -0.378 e. The van der Waals surface area contributed by atoms with Crippen LogP contribution in [0, 0.1) is 0 Å². The fourth-order valence-corrected chi connectivity index (χ4v) is 6.82. The van der Waals surface area contributed by atoms with Crippen molar-refractivity contribution >= 4 is 47.6 Å². The van der Waals surface area contributed by atoms with E-state index in [1.54, 1.807) is 11.9 Å². The molecule has 0 radical (unpaired) electrons. The minimum atomic E-state index is -0.211. The number of amides is 3. The maximum atomic E-state index is 11.7. The largest absolute Gasteiger partial charge is 0.378 e. The van der Waals surface area contributed by atoms with Gasteiger partial charge in [-0.25, -0.2) is 9.10 Å². The first kappa shape index (κ1) is 32.9. The Labute approximate surface area is 263 Å². The Balaban J connectivity index is 1.10. The lowest BCUT2D eigenvalue weighted by atomic mass is 9.84. The summed E-state index contributed by atoms with van der Waals surface area (Å²) in [5, 5.41) is 9.57. The third-order valence-electron chi connectivity index (χ3n) is 7.34. The predicted octanol–water partition coefficient (Wildman–Crippen LogP) is 4.29. The molecule has 3 amide bonds. The summed E-state index contributed by atoms with van der Waals surface area (Å²) in [6, 6.07) is 10.6. The second-order valence-electron chi connectivity index (χ2n) is 10.5. The van der Waals surface area contributed by atoms with Crippen molar-refractivity contribution in [1.29, 1.82) is 0 Å². The van der Waals surface area contributed by atoms with Gasteiger partial charge in [-0.05, 0) is 78.7 Å². The van der Waals surface area contributed by atoms with Crippen molar-refractivity contribution in [2.45, 2.75) is 36.6 Å². The molecule has 1 unspecified atom stereocenters. The summed E-state index contributed by atoms with van der Waals surface area (Å²) in [7, 11) is 2.14. The Kier molecular flexibility index (Phi) is 13.5. The van der Waals surface area contributed by atoms with E-state index in [0.717, 1.165) is 50.5 Å². The zero-order valence-corrected chi connectivity index (χ0v) is 26.5. The zero-order chi connectivity index (χ0) is 29.7. The van der Waals surface area contributed by atoms with Crippen molar-refractivity contribution in [3.8, 4) is 0 Å². The van der Waals surface area contributed by atoms with E-state index in [0.29, 0.717) is 57.5 Å². The van der Waals surface area contributed by atoms with Crippen LogP contribution in [0.4, 0.5) is 4.79 Å². The van der Waals surface area contributed by atoms with Crippen molar-refractivity contribution < 1.29 is 19.1 Å². The van der Waals surface area contributed by atoms with Crippen LogP contribution in [-0.4, -0.2) is 94.4 Å². The normalized spacial score (nSPS) is 16.9. The van der Waals surface area contributed by atoms with E-state index >= 15 is 0 Å². The number of fused-ring (bicyclic) bond motifs is 2. The number of carbonyl (C=O) groups excluding carboxylic acids is 2. The molecule has 4 rings (SSSR count). The number of urea groups is 1. The molecule has 2 aromatic rings. The summed E-state index contributed by atoms with van der Waals surface area (Å²) in [4.78, 5) is 25.5. The van der Waals surface area contributed by atoms with Crippen LogP contribution >= 0.6 is 35.1 Å². The maximum absolute atomic E-state index is 11.7. The van der Waals surface area contributed by atoms with E-state index in [4.69, 9.17) is 32.7 Å². The Hall–Kier alpha value is -2.05. The van der Waals surface area contributed by atoms with Gasteiger partial charge in [0.05, 0.1) is 26.4 Å². The van der Waals surface area contributed by atoms with Gasteiger partial charge in [0.1, 0.15) is 0 Å². The lowest BCUT2D eigenvalue weighted by Crippen LogP contribution is -2.38. The van der Waals surface area contributed by atoms with E-state index in [9.17, 15) is 9.59 Å². The second kappa shape index (κ2) is 17.3. The summed E-state index contributed by atoms with van der Waals surface area (Å²) < 4.78 is 13.7. The molecular formula is C30H41Cl2N5O4S. The van der Waals surface area contributed by atoms with E-state index in [2.05, 4.69) is 56.5 Å². The molecule has 0 aliphatic carbocycles. The van der Waals surface area contributed by atoms with Gasteiger partial charge in [-0.2, -0.15) is 0 Å². The van der Waals surface area contributed by atoms with Gasteiger partial charge in [0.15, 0.2) is 0 Å². The molecule has 42 heavy (non-hydrogen) atoms. The third kappa shape index (κ3) is 10.0. The van der Waals surface area contributed by atoms with E-state index in [1.165, 1.54) is 27.1 Å². The van der Waals surface area contributed by atoms with Gasteiger partial charge in [0.2, 0.25) is 6.41 Å². The van der Waals surface area contributed by atoms with Crippen LogP contribution in [0.2, 0.25) is 10.0 Å². The lowest BCUT2D eigenvalue weighted by Gasteiger charge is -2.34. The Bertz CT molecular complexity index is 1190. The average molecular weight is 639 g/mol. The van der Waals surface area contributed by atoms with Gasteiger partial charge in [-0.3, -0.25) is 4.79 Å². The number of carbonyl (C=O) groups is 2. The molecule has 9 nitrogen and oxygen atoms in total. The zero-order valence-electron chi connectivity index (χ0n) is 24.1. The standard InChI is InChI=1S/C30H41Cl2N5O4S/c1-36-19-26(25-17-24(31)18-28(32)27(25)20-36)22-4-5-29-23(16-22)6-10-37(42-29)11-13-41-15-14-40-12-9-35-30(39)34-8-3-2-7-33-21-38/h4-5,16-18,21,26H,2-3,6-15,19-20H2,1H3,(H,33,38)(H2,34,35,39). The number of hydrogen-bond donors (Lipinski definition) is 3. The minimum absolute atomic E-state index is 0.211. The summed E-state index contributed by atoms with van der Waals surface area (Å²) in [5.41, 5.74) is 5.12. The molecule has 0 aromatic heterocycles. The number of rotatable bonds is 16. The maximum Gasteiger partial charge on any atom is 0.314 e. The number of benzene rings is 2. The van der Waals surface area contributed by atoms with Crippen molar-refractivity contribution in [2.24, 2.45) is 0 Å². The molecule has 0 bridgehead atoms. The number of ether oxygens (including phenoxy) is 2. The molecule has 2 aliphatic heterocycles. The highest BCUT2D eigenvalue weighted by Crippen LogP contribution is 2.40. The number of likely N-dealkylation sites (N-methyl/N-ethyl adjacent to an activating group) is 1. The van der Waals surface area contributed by atoms with Crippen LogP contribution in [0.5, 0.6) is 0 Å². The molecule has 0 fully saturated rings. The number of halogens is 2. The molecule has 2 aromatic carbocycles. The Morgan fingerprint density at radius 3 is 2.67 bits per heavy atom. The highest BCUT2D eigenvalue weighted by atomic mass is 35.5. The highest BCUT2D eigenvalue weighted by molar-refractivity contribution is 7.97. The summed E-state index contributed by atoms with van der Waals surface area (Å²) in [6.45, 7) is 7.31. The fraction of sp³-hybridized carbons (Fsp3) is 0.533. The van der Waals surface area contributed by atoms with Crippen LogP contribution in [0.1, 0.15) is 41.0 Å². The summed E-state index contributed by atoms with van der Waals surface area (Å²) in [6.07, 6.45) is 3.32. The first-order chi connectivity index (χ1) is 20.4. The highest BCUT2D eigenvalue weighted by Gasteiger charge is 2.28. The van der Waals surface area contributed by atoms with Gasteiger partial charge >= 0.3 is 6.03 Å². The van der Waals surface area contributed by atoms with Crippen LogP contribution in [-0.2, 0) is 27.2 Å². The van der Waals surface area contributed by atoms with E-state index < -0.39 is 0 Å². The fourth-order valence-electron chi connectivity index (χ4n) is 5.22. The second-order valence-corrected chi connectivity index (χ2v) is 12.5. The van der Waals surface area contributed by atoms with Crippen LogP contribution in [0.15, 0.2) is 35.2 Å². The number of unbranched alkanes of at least 4 members (excludes halogenated alkanes) is 1. The monoisotopic (exact) mass is 637 g/mol. The van der Waals surface area contributed by atoms with Crippen LogP contribution < -0.4 is 16.0 Å². The van der Waals surface area contributed by atoms with E-state index in [-0.39, 0.29) is 11.9 Å². The Morgan fingerprint density at radius 2 is 1.83 bits per heavy atom. The van der Waals surface area contributed by atoms with Gasteiger partial charge in [-0.15, -0.1) is 0 Å². The Morgan fingerprint density at radius 1 is 1.05 bits per heavy atom. The molecular weight excluding hydrogens is 597 g/mol. The summed E-state index contributed by atoms with van der Waals surface area (Å²) in [5.74, 6) is 0.250. The molecule has 2 heterocycles. The van der Waals surface area contributed by atoms with Crippen molar-refractivity contribution in [1.82, 2.24) is 25.2 Å². The van der Waals surface area contributed by atoms with E-state index in [1.807, 2.05) is 6.07 Å². The van der Waals surface area contributed by atoms with Gasteiger partial charge in [-0.1, -0.05) is 35.3 Å². The summed E-state index contributed by atoms with van der Waals surface area (Å²) >= 11 is 14.7. The van der Waals surface area contributed by atoms with Crippen molar-refractivity contribution in [2.75, 3.05) is 72.7 Å². The van der Waals surface area contributed by atoms with Gasteiger partial charge < -0.3 is 30.3 Å². The lowest BCUT2D eigenvalue weighted by molar-refractivity contribution is -0.109. The number of nitrogens with zero attached hydrogens (tertiary/aromatic N) is 2. The SMILES string of the molecule is CN1Cc2c(Cl)cc(Cl)cc2C(c2ccc3c(c2)CCN(CCOCCOCCNC(=O)NCCCCNC=O)S3)C1. The molecule has 0 saturated heterocycles. The predicted molar refractivity (Wildman–Crippen MR) is 169 cm³/mol. The first-order valence-corrected chi connectivity index (χ1v) is 16.0. The number of hydrogen-bond acceptors (Lipinski definition) is 7. The van der Waals surface area contributed by atoms with Gasteiger partial charge in [0.25, 0.3) is 0 Å². The van der Waals surface area contributed by atoms with Crippen molar-refractivity contribution in [3.05, 3.63) is 62.6 Å². The quantitative estimate of drug-likeness (QED) is 0.144. The van der Waals surface area contributed by atoms with Crippen molar-refractivity contribution in [3.63, 3.8) is 0 Å².